The van der Waals surface area contributed by atoms with Crippen molar-refractivity contribution in [2.75, 3.05) is 40.9 Å². The molecule has 1 unspecified atom stereocenters. The molecule has 0 spiro atoms. The zero-order valence-electron chi connectivity index (χ0n) is 10.2. The molecule has 0 aliphatic heterocycles. The average molecular weight is 202 g/mol. The molecule has 0 saturated heterocycles. The lowest BCUT2D eigenvalue weighted by molar-refractivity contribution is 0.165. The zero-order valence-corrected chi connectivity index (χ0v) is 10.2. The molecule has 0 fully saturated rings. The van der Waals surface area contributed by atoms with Gasteiger partial charge in [0.2, 0.25) is 0 Å². The molecule has 0 rings (SSSR count). The quantitative estimate of drug-likeness (QED) is 0.571. The van der Waals surface area contributed by atoms with Gasteiger partial charge in [0.25, 0.3) is 0 Å². The predicted molar refractivity (Wildman–Crippen MR) is 61.7 cm³/mol. The Bertz CT molecular complexity index is 106. The third-order valence-corrected chi connectivity index (χ3v) is 2.66. The van der Waals surface area contributed by atoms with Gasteiger partial charge < -0.3 is 15.0 Å². The summed E-state index contributed by atoms with van der Waals surface area (Å²) in [6.07, 6.45) is 3.65. The van der Waals surface area contributed by atoms with E-state index < -0.39 is 0 Å². The molecule has 0 amide bonds. The van der Waals surface area contributed by atoms with Crippen molar-refractivity contribution in [3.63, 3.8) is 0 Å². The van der Waals surface area contributed by atoms with E-state index in [0.717, 1.165) is 26.1 Å². The Morgan fingerprint density at radius 2 is 2.07 bits per heavy atom. The van der Waals surface area contributed by atoms with Gasteiger partial charge in [0, 0.05) is 26.3 Å². The van der Waals surface area contributed by atoms with Crippen molar-refractivity contribution < 1.29 is 4.74 Å². The summed E-state index contributed by atoms with van der Waals surface area (Å²) in [4.78, 5) is 2.41. The normalized spacial score (nSPS) is 13.5. The van der Waals surface area contributed by atoms with Gasteiger partial charge in [-0.25, -0.2) is 0 Å². The first-order valence-corrected chi connectivity index (χ1v) is 5.56. The van der Waals surface area contributed by atoms with Crippen molar-refractivity contribution >= 4 is 0 Å². The van der Waals surface area contributed by atoms with Crippen LogP contribution in [0.15, 0.2) is 0 Å². The molecule has 1 atom stereocenters. The monoisotopic (exact) mass is 202 g/mol. The summed E-state index contributed by atoms with van der Waals surface area (Å²) in [5.41, 5.74) is 0. The van der Waals surface area contributed by atoms with E-state index in [1.54, 1.807) is 7.11 Å². The summed E-state index contributed by atoms with van der Waals surface area (Å²) in [5, 5.41) is 3.18. The van der Waals surface area contributed by atoms with Gasteiger partial charge in [0.15, 0.2) is 0 Å². The SMILES string of the molecule is CNCCCC(C)N(C)CCCOC. The van der Waals surface area contributed by atoms with E-state index in [1.807, 2.05) is 7.05 Å². The third kappa shape index (κ3) is 7.30. The molecule has 0 aromatic heterocycles. The Kier molecular flexibility index (Phi) is 9.35. The maximum Gasteiger partial charge on any atom is 0.0474 e. The van der Waals surface area contributed by atoms with Crippen LogP contribution in [0.4, 0.5) is 0 Å². The molecular weight excluding hydrogens is 176 g/mol. The molecule has 86 valence electrons. The zero-order chi connectivity index (χ0) is 10.8. The van der Waals surface area contributed by atoms with Gasteiger partial charge in [-0.05, 0) is 46.8 Å². The van der Waals surface area contributed by atoms with Crippen LogP contribution in [0.5, 0.6) is 0 Å². The van der Waals surface area contributed by atoms with Gasteiger partial charge in [-0.3, -0.25) is 0 Å². The highest BCUT2D eigenvalue weighted by Crippen LogP contribution is 2.04. The highest BCUT2D eigenvalue weighted by Gasteiger charge is 2.07. The van der Waals surface area contributed by atoms with E-state index in [1.165, 1.54) is 12.8 Å². The first-order chi connectivity index (χ1) is 6.72. The first-order valence-electron chi connectivity index (χ1n) is 5.56. The Labute approximate surface area is 88.8 Å². The van der Waals surface area contributed by atoms with Gasteiger partial charge in [-0.1, -0.05) is 0 Å². The number of nitrogens with zero attached hydrogens (tertiary/aromatic N) is 1. The first kappa shape index (κ1) is 13.9. The summed E-state index contributed by atoms with van der Waals surface area (Å²) in [6, 6.07) is 0.681. The summed E-state index contributed by atoms with van der Waals surface area (Å²) in [5.74, 6) is 0. The second-order valence-electron chi connectivity index (χ2n) is 3.92. The number of nitrogens with one attached hydrogen (secondary N) is 1. The summed E-state index contributed by atoms with van der Waals surface area (Å²) in [7, 11) is 5.96. The lowest BCUT2D eigenvalue weighted by atomic mass is 10.1. The fourth-order valence-electron chi connectivity index (χ4n) is 1.47. The summed E-state index contributed by atoms with van der Waals surface area (Å²) >= 11 is 0. The average Bonchev–Trinajstić information content (AvgIpc) is 2.18. The number of hydrogen-bond acceptors (Lipinski definition) is 3. The maximum atomic E-state index is 5.03. The molecule has 3 heteroatoms. The second-order valence-corrected chi connectivity index (χ2v) is 3.92. The van der Waals surface area contributed by atoms with E-state index in [0.29, 0.717) is 6.04 Å². The smallest absolute Gasteiger partial charge is 0.0474 e. The highest BCUT2D eigenvalue weighted by atomic mass is 16.5. The van der Waals surface area contributed by atoms with Crippen LogP contribution in [0.3, 0.4) is 0 Å². The Balaban J connectivity index is 3.39. The number of hydrogen-bond donors (Lipinski definition) is 1. The van der Waals surface area contributed by atoms with Gasteiger partial charge in [-0.2, -0.15) is 0 Å². The van der Waals surface area contributed by atoms with E-state index in [2.05, 4.69) is 24.2 Å². The van der Waals surface area contributed by atoms with Crippen LogP contribution in [0.1, 0.15) is 26.2 Å². The second kappa shape index (κ2) is 9.44. The van der Waals surface area contributed by atoms with Crippen molar-refractivity contribution in [3.05, 3.63) is 0 Å². The van der Waals surface area contributed by atoms with Crippen molar-refractivity contribution in [2.45, 2.75) is 32.2 Å². The van der Waals surface area contributed by atoms with Crippen LogP contribution in [-0.4, -0.2) is 51.8 Å². The maximum absolute atomic E-state index is 5.03. The Morgan fingerprint density at radius 3 is 2.64 bits per heavy atom. The van der Waals surface area contributed by atoms with Gasteiger partial charge in [0.1, 0.15) is 0 Å². The fraction of sp³-hybridized carbons (Fsp3) is 1.00. The number of rotatable bonds is 9. The van der Waals surface area contributed by atoms with Crippen LogP contribution in [0, 0.1) is 0 Å². The topological polar surface area (TPSA) is 24.5 Å². The van der Waals surface area contributed by atoms with Crippen molar-refractivity contribution in [2.24, 2.45) is 0 Å². The summed E-state index contributed by atoms with van der Waals surface area (Å²) in [6.45, 7) is 5.42. The van der Waals surface area contributed by atoms with E-state index in [-0.39, 0.29) is 0 Å². The Morgan fingerprint density at radius 1 is 1.36 bits per heavy atom. The molecule has 3 nitrogen and oxygen atoms in total. The number of methoxy groups -OCH3 is 1. The largest absolute Gasteiger partial charge is 0.385 e. The fourth-order valence-corrected chi connectivity index (χ4v) is 1.47. The minimum absolute atomic E-state index is 0.681. The van der Waals surface area contributed by atoms with Crippen LogP contribution in [-0.2, 0) is 4.74 Å². The molecule has 0 aliphatic carbocycles. The lowest BCUT2D eigenvalue weighted by Gasteiger charge is -2.24. The van der Waals surface area contributed by atoms with Crippen molar-refractivity contribution in [3.8, 4) is 0 Å². The number of ether oxygens (including phenoxy) is 1. The van der Waals surface area contributed by atoms with Crippen LogP contribution in [0.2, 0.25) is 0 Å². The lowest BCUT2D eigenvalue weighted by Crippen LogP contribution is -2.31. The highest BCUT2D eigenvalue weighted by molar-refractivity contribution is 4.63. The molecule has 14 heavy (non-hydrogen) atoms. The van der Waals surface area contributed by atoms with Gasteiger partial charge in [0.05, 0.1) is 0 Å². The minimum atomic E-state index is 0.681. The van der Waals surface area contributed by atoms with Crippen molar-refractivity contribution in [1.29, 1.82) is 0 Å². The molecule has 0 heterocycles. The minimum Gasteiger partial charge on any atom is -0.385 e. The predicted octanol–water partition coefficient (Wildman–Crippen LogP) is 1.34. The summed E-state index contributed by atoms with van der Waals surface area (Å²) < 4.78 is 5.03. The molecule has 0 bridgehead atoms. The van der Waals surface area contributed by atoms with E-state index >= 15 is 0 Å². The van der Waals surface area contributed by atoms with Gasteiger partial charge >= 0.3 is 0 Å². The molecule has 0 aromatic rings. The van der Waals surface area contributed by atoms with E-state index in [4.69, 9.17) is 4.74 Å². The van der Waals surface area contributed by atoms with Crippen molar-refractivity contribution in [1.82, 2.24) is 10.2 Å². The molecule has 1 N–H and O–H groups in total. The van der Waals surface area contributed by atoms with Crippen LogP contribution < -0.4 is 5.32 Å². The molecular formula is C11H26N2O. The van der Waals surface area contributed by atoms with E-state index in [9.17, 15) is 0 Å². The molecule has 0 radical (unpaired) electrons. The van der Waals surface area contributed by atoms with Gasteiger partial charge in [-0.15, -0.1) is 0 Å². The van der Waals surface area contributed by atoms with Crippen LogP contribution in [0.25, 0.3) is 0 Å². The van der Waals surface area contributed by atoms with Crippen LogP contribution >= 0.6 is 0 Å². The third-order valence-electron chi connectivity index (χ3n) is 2.66. The molecule has 0 saturated carbocycles. The standard InChI is InChI=1S/C11H26N2O/c1-11(7-5-8-12-2)13(3)9-6-10-14-4/h11-12H,5-10H2,1-4H3. The molecule has 0 aliphatic rings. The molecule has 0 aromatic carbocycles. The Hall–Kier alpha value is -0.120.